The lowest BCUT2D eigenvalue weighted by Crippen LogP contribution is -2.15. The molecule has 0 aliphatic rings. The molecule has 0 spiro atoms. The molecule has 0 bridgehead atoms. The van der Waals surface area contributed by atoms with Crippen molar-refractivity contribution in [3.8, 4) is 0 Å². The molecule has 0 atom stereocenters. The molecule has 0 saturated heterocycles. The van der Waals surface area contributed by atoms with Crippen LogP contribution in [0.25, 0.3) is 0 Å². The molecule has 6 heteroatoms. The van der Waals surface area contributed by atoms with Crippen LogP contribution in [-0.2, 0) is 9.53 Å². The maximum absolute atomic E-state index is 11.6. The number of carbonyl (C=O) groups excluding carboxylic acids is 2. The number of anilines is 1. The molecule has 1 aromatic heterocycles. The first-order chi connectivity index (χ1) is 8.65. The minimum Gasteiger partial charge on any atom is -0.462 e. The minimum atomic E-state index is -0.414. The fourth-order valence-corrected chi connectivity index (χ4v) is 1.39. The molecular weight excluding hydrogens is 234 g/mol. The first-order valence-corrected chi connectivity index (χ1v) is 5.79. The van der Waals surface area contributed by atoms with Gasteiger partial charge in [-0.1, -0.05) is 0 Å². The number of nitrogens with two attached hydrogens (primary N) is 1. The van der Waals surface area contributed by atoms with Crippen molar-refractivity contribution in [3.05, 3.63) is 23.9 Å². The molecule has 0 radical (unpaired) electrons. The molecule has 0 unspecified atom stereocenters. The summed E-state index contributed by atoms with van der Waals surface area (Å²) in [6.45, 7) is 2.58. The zero-order chi connectivity index (χ0) is 13.4. The van der Waals surface area contributed by atoms with E-state index in [-0.39, 0.29) is 5.91 Å². The van der Waals surface area contributed by atoms with E-state index in [1.54, 1.807) is 25.3 Å². The predicted octanol–water partition coefficient (Wildman–Crippen LogP) is 0.936. The Morgan fingerprint density at radius 3 is 2.94 bits per heavy atom. The Kier molecular flexibility index (Phi) is 5.63. The van der Waals surface area contributed by atoms with Gasteiger partial charge >= 0.3 is 5.97 Å². The fourth-order valence-electron chi connectivity index (χ4n) is 1.39. The highest BCUT2D eigenvalue weighted by molar-refractivity contribution is 5.94. The summed E-state index contributed by atoms with van der Waals surface area (Å²) in [5, 5.41) is 2.99. The normalized spacial score (nSPS) is 9.83. The molecule has 1 amide bonds. The van der Waals surface area contributed by atoms with E-state index in [0.29, 0.717) is 37.4 Å². The van der Waals surface area contributed by atoms with Gasteiger partial charge in [0, 0.05) is 19.2 Å². The highest BCUT2D eigenvalue weighted by Gasteiger charge is 2.12. The summed E-state index contributed by atoms with van der Waals surface area (Å²) < 4.78 is 4.92. The van der Waals surface area contributed by atoms with Crippen molar-refractivity contribution in [2.75, 3.05) is 18.5 Å². The first kappa shape index (κ1) is 14.0. The molecule has 1 heterocycles. The van der Waals surface area contributed by atoms with Crippen molar-refractivity contribution in [1.29, 1.82) is 0 Å². The smallest absolute Gasteiger partial charge is 0.341 e. The Bertz CT molecular complexity index is 421. The third-order valence-corrected chi connectivity index (χ3v) is 2.20. The zero-order valence-corrected chi connectivity index (χ0v) is 10.3. The van der Waals surface area contributed by atoms with E-state index in [1.807, 2.05) is 0 Å². The Labute approximate surface area is 106 Å². The summed E-state index contributed by atoms with van der Waals surface area (Å²) in [5.41, 5.74) is 5.42. The summed E-state index contributed by atoms with van der Waals surface area (Å²) in [7, 11) is 0. The summed E-state index contributed by atoms with van der Waals surface area (Å²) in [6, 6.07) is 3.31. The van der Waals surface area contributed by atoms with Gasteiger partial charge in [0.15, 0.2) is 0 Å². The number of esters is 1. The van der Waals surface area contributed by atoms with E-state index in [9.17, 15) is 9.59 Å². The van der Waals surface area contributed by atoms with E-state index in [2.05, 4.69) is 10.3 Å². The van der Waals surface area contributed by atoms with Crippen molar-refractivity contribution in [3.63, 3.8) is 0 Å². The van der Waals surface area contributed by atoms with Crippen LogP contribution in [0.3, 0.4) is 0 Å². The Morgan fingerprint density at radius 2 is 2.28 bits per heavy atom. The van der Waals surface area contributed by atoms with E-state index in [4.69, 9.17) is 10.5 Å². The van der Waals surface area contributed by atoms with Crippen LogP contribution in [0.4, 0.5) is 5.82 Å². The Morgan fingerprint density at radius 1 is 1.50 bits per heavy atom. The number of ether oxygens (including phenoxy) is 1. The number of amides is 1. The van der Waals surface area contributed by atoms with Gasteiger partial charge in [0.05, 0.1) is 6.61 Å². The third-order valence-electron chi connectivity index (χ3n) is 2.20. The van der Waals surface area contributed by atoms with Crippen LogP contribution in [-0.4, -0.2) is 30.0 Å². The number of hydrogen-bond donors (Lipinski definition) is 2. The van der Waals surface area contributed by atoms with Crippen LogP contribution in [0, 0.1) is 0 Å². The molecule has 0 saturated carbocycles. The number of rotatable bonds is 7. The number of nitrogens with one attached hydrogen (secondary N) is 1. The standard InChI is InChI=1S/C12H17N3O3/c1-2-18-12(17)9-5-3-7-14-11(9)15-8-4-6-10(13)16/h3,5,7H,2,4,6,8H2,1H3,(H2,13,16)(H,14,15). The number of hydrogen-bond acceptors (Lipinski definition) is 5. The molecule has 98 valence electrons. The minimum absolute atomic E-state index is 0.300. The molecule has 18 heavy (non-hydrogen) atoms. The maximum atomic E-state index is 11.6. The van der Waals surface area contributed by atoms with Crippen LogP contribution in [0.1, 0.15) is 30.1 Å². The number of primary amides is 1. The second kappa shape index (κ2) is 7.26. The highest BCUT2D eigenvalue weighted by atomic mass is 16.5. The molecule has 0 aromatic carbocycles. The van der Waals surface area contributed by atoms with Crippen LogP contribution in [0.2, 0.25) is 0 Å². The monoisotopic (exact) mass is 251 g/mol. The van der Waals surface area contributed by atoms with Crippen molar-refractivity contribution < 1.29 is 14.3 Å². The highest BCUT2D eigenvalue weighted by Crippen LogP contribution is 2.12. The van der Waals surface area contributed by atoms with Crippen molar-refractivity contribution >= 4 is 17.7 Å². The lowest BCUT2D eigenvalue weighted by Gasteiger charge is -2.09. The summed E-state index contributed by atoms with van der Waals surface area (Å²) in [4.78, 5) is 26.3. The zero-order valence-electron chi connectivity index (χ0n) is 10.3. The van der Waals surface area contributed by atoms with E-state index < -0.39 is 5.97 Å². The van der Waals surface area contributed by atoms with Gasteiger partial charge in [-0.2, -0.15) is 0 Å². The number of pyridine rings is 1. The van der Waals surface area contributed by atoms with Crippen LogP contribution in [0.15, 0.2) is 18.3 Å². The van der Waals surface area contributed by atoms with E-state index in [0.717, 1.165) is 0 Å². The second-order valence-corrected chi connectivity index (χ2v) is 3.62. The van der Waals surface area contributed by atoms with Crippen molar-refractivity contribution in [2.45, 2.75) is 19.8 Å². The third kappa shape index (κ3) is 4.40. The van der Waals surface area contributed by atoms with Gasteiger partial charge in [-0.15, -0.1) is 0 Å². The number of nitrogens with zero attached hydrogens (tertiary/aromatic N) is 1. The van der Waals surface area contributed by atoms with Crippen LogP contribution < -0.4 is 11.1 Å². The van der Waals surface area contributed by atoms with Gasteiger partial charge in [0.1, 0.15) is 11.4 Å². The average molecular weight is 251 g/mol. The van der Waals surface area contributed by atoms with Gasteiger partial charge in [-0.05, 0) is 25.5 Å². The fraction of sp³-hybridized carbons (Fsp3) is 0.417. The SMILES string of the molecule is CCOC(=O)c1cccnc1NCCCC(N)=O. The average Bonchev–Trinajstić information content (AvgIpc) is 2.35. The van der Waals surface area contributed by atoms with Gasteiger partial charge in [-0.3, -0.25) is 4.79 Å². The summed E-state index contributed by atoms with van der Waals surface area (Å²) in [5.74, 6) is -0.299. The summed E-state index contributed by atoms with van der Waals surface area (Å²) >= 11 is 0. The molecule has 0 aliphatic heterocycles. The summed E-state index contributed by atoms with van der Waals surface area (Å²) in [6.07, 6.45) is 2.47. The maximum Gasteiger partial charge on any atom is 0.341 e. The van der Waals surface area contributed by atoms with Crippen molar-refractivity contribution in [1.82, 2.24) is 4.98 Å². The van der Waals surface area contributed by atoms with E-state index in [1.165, 1.54) is 0 Å². The van der Waals surface area contributed by atoms with Crippen LogP contribution >= 0.6 is 0 Å². The second-order valence-electron chi connectivity index (χ2n) is 3.62. The largest absolute Gasteiger partial charge is 0.462 e. The van der Waals surface area contributed by atoms with Gasteiger partial charge in [0.2, 0.25) is 5.91 Å². The molecule has 0 fully saturated rings. The molecular formula is C12H17N3O3. The predicted molar refractivity (Wildman–Crippen MR) is 67.1 cm³/mol. The number of aromatic nitrogens is 1. The van der Waals surface area contributed by atoms with Gasteiger partial charge in [-0.25, -0.2) is 9.78 Å². The first-order valence-electron chi connectivity index (χ1n) is 5.79. The molecule has 6 nitrogen and oxygen atoms in total. The molecule has 1 aromatic rings. The topological polar surface area (TPSA) is 94.3 Å². The van der Waals surface area contributed by atoms with Gasteiger partial charge in [0.25, 0.3) is 0 Å². The van der Waals surface area contributed by atoms with Crippen LogP contribution in [0.5, 0.6) is 0 Å². The number of carbonyl (C=O) groups is 2. The lowest BCUT2D eigenvalue weighted by molar-refractivity contribution is -0.118. The molecule has 0 aliphatic carbocycles. The Hall–Kier alpha value is -2.11. The lowest BCUT2D eigenvalue weighted by atomic mass is 10.2. The van der Waals surface area contributed by atoms with Gasteiger partial charge < -0.3 is 15.8 Å². The molecule has 1 rings (SSSR count). The molecule has 3 N–H and O–H groups in total. The quantitative estimate of drug-likeness (QED) is 0.555. The van der Waals surface area contributed by atoms with Crippen molar-refractivity contribution in [2.24, 2.45) is 5.73 Å². The van der Waals surface area contributed by atoms with E-state index >= 15 is 0 Å². The Balaban J connectivity index is 2.59.